The van der Waals surface area contributed by atoms with E-state index in [9.17, 15) is 5.11 Å². The largest absolute Gasteiger partial charge is 0.394 e. The van der Waals surface area contributed by atoms with Crippen molar-refractivity contribution in [3.63, 3.8) is 0 Å². The molecule has 84 valence electrons. The van der Waals surface area contributed by atoms with E-state index in [0.717, 1.165) is 23.7 Å². The predicted molar refractivity (Wildman–Crippen MR) is 66.5 cm³/mol. The molecule has 0 aliphatic rings. The van der Waals surface area contributed by atoms with Gasteiger partial charge >= 0.3 is 0 Å². The van der Waals surface area contributed by atoms with Crippen LogP contribution in [-0.2, 0) is 0 Å². The third-order valence-corrected chi connectivity index (χ3v) is 2.78. The highest BCUT2D eigenvalue weighted by Crippen LogP contribution is 2.09. The first-order chi connectivity index (χ1) is 7.26. The van der Waals surface area contributed by atoms with Gasteiger partial charge in [-0.2, -0.15) is 11.8 Å². The lowest BCUT2D eigenvalue weighted by Crippen LogP contribution is -2.25. The van der Waals surface area contributed by atoms with E-state index in [1.165, 1.54) is 0 Å². The van der Waals surface area contributed by atoms with Gasteiger partial charge in [0.05, 0.1) is 12.6 Å². The Hall–Kier alpha value is -0.740. The molecule has 0 saturated carbocycles. The number of aromatic nitrogens is 1. The van der Waals surface area contributed by atoms with Crippen molar-refractivity contribution in [2.24, 2.45) is 0 Å². The smallest absolute Gasteiger partial charge is 0.126 e. The lowest BCUT2D eigenvalue weighted by Gasteiger charge is -2.16. The summed E-state index contributed by atoms with van der Waals surface area (Å²) in [5.74, 6) is 1.89. The number of nitrogens with one attached hydrogen (secondary N) is 1. The van der Waals surface area contributed by atoms with Crippen LogP contribution in [0.3, 0.4) is 0 Å². The first-order valence-corrected chi connectivity index (χ1v) is 6.45. The molecule has 2 N–H and O–H groups in total. The summed E-state index contributed by atoms with van der Waals surface area (Å²) in [6.07, 6.45) is 3.02. The molecule has 0 amide bonds. The fraction of sp³-hybridized carbons (Fsp3) is 0.545. The molecule has 0 spiro atoms. The lowest BCUT2D eigenvalue weighted by atomic mass is 10.2. The van der Waals surface area contributed by atoms with Crippen LogP contribution in [0.15, 0.2) is 18.2 Å². The molecule has 0 bridgehead atoms. The van der Waals surface area contributed by atoms with Crippen molar-refractivity contribution in [1.29, 1.82) is 0 Å². The highest BCUT2D eigenvalue weighted by atomic mass is 32.2. The van der Waals surface area contributed by atoms with Crippen LogP contribution in [0.4, 0.5) is 5.82 Å². The van der Waals surface area contributed by atoms with Crippen LogP contribution < -0.4 is 5.32 Å². The van der Waals surface area contributed by atoms with Crippen LogP contribution in [0.2, 0.25) is 0 Å². The molecule has 0 aliphatic carbocycles. The van der Waals surface area contributed by atoms with Gasteiger partial charge in [0.2, 0.25) is 0 Å². The van der Waals surface area contributed by atoms with Crippen molar-refractivity contribution < 1.29 is 5.11 Å². The summed E-state index contributed by atoms with van der Waals surface area (Å²) in [5, 5.41) is 12.4. The Balaban J connectivity index is 2.50. The zero-order valence-electron chi connectivity index (χ0n) is 9.23. The SMILES string of the molecule is CSCC[C@H](CO)Nc1cccc(C)n1. The highest BCUT2D eigenvalue weighted by molar-refractivity contribution is 7.98. The number of aryl methyl sites for hydroxylation is 1. The Kier molecular flexibility index (Phi) is 5.50. The second-order valence-electron chi connectivity index (χ2n) is 3.47. The topological polar surface area (TPSA) is 45.1 Å². The summed E-state index contributed by atoms with van der Waals surface area (Å²) in [4.78, 5) is 4.34. The average Bonchev–Trinajstić information content (AvgIpc) is 2.24. The van der Waals surface area contributed by atoms with Gasteiger partial charge in [0.25, 0.3) is 0 Å². The Morgan fingerprint density at radius 1 is 1.53 bits per heavy atom. The van der Waals surface area contributed by atoms with Gasteiger partial charge in [-0.3, -0.25) is 0 Å². The summed E-state index contributed by atoms with van der Waals surface area (Å²) in [6, 6.07) is 5.95. The van der Waals surface area contributed by atoms with Gasteiger partial charge in [-0.1, -0.05) is 6.07 Å². The number of hydrogen-bond donors (Lipinski definition) is 2. The zero-order chi connectivity index (χ0) is 11.1. The summed E-state index contributed by atoms with van der Waals surface area (Å²) >= 11 is 1.79. The van der Waals surface area contributed by atoms with E-state index in [2.05, 4.69) is 16.6 Å². The van der Waals surface area contributed by atoms with E-state index in [0.29, 0.717) is 0 Å². The summed E-state index contributed by atoms with van der Waals surface area (Å²) in [7, 11) is 0. The minimum Gasteiger partial charge on any atom is -0.394 e. The normalized spacial score (nSPS) is 12.5. The first-order valence-electron chi connectivity index (χ1n) is 5.06. The minimum atomic E-state index is 0.103. The molecule has 0 aliphatic heterocycles. The molecule has 0 unspecified atom stereocenters. The van der Waals surface area contributed by atoms with Crippen molar-refractivity contribution in [3.05, 3.63) is 23.9 Å². The molecule has 15 heavy (non-hydrogen) atoms. The van der Waals surface area contributed by atoms with E-state index < -0.39 is 0 Å². The second-order valence-corrected chi connectivity index (χ2v) is 4.46. The Morgan fingerprint density at radius 2 is 2.33 bits per heavy atom. The number of hydrogen-bond acceptors (Lipinski definition) is 4. The molecule has 0 saturated heterocycles. The van der Waals surface area contributed by atoms with Gasteiger partial charge in [-0.25, -0.2) is 4.98 Å². The maximum absolute atomic E-state index is 9.18. The van der Waals surface area contributed by atoms with Gasteiger partial charge in [-0.15, -0.1) is 0 Å². The van der Waals surface area contributed by atoms with Crippen LogP contribution in [0, 0.1) is 6.92 Å². The van der Waals surface area contributed by atoms with E-state index in [1.54, 1.807) is 11.8 Å². The van der Waals surface area contributed by atoms with E-state index in [4.69, 9.17) is 0 Å². The van der Waals surface area contributed by atoms with E-state index in [1.807, 2.05) is 25.1 Å². The minimum absolute atomic E-state index is 0.103. The quantitative estimate of drug-likeness (QED) is 0.778. The fourth-order valence-electron chi connectivity index (χ4n) is 1.30. The molecule has 1 atom stereocenters. The molecular weight excluding hydrogens is 208 g/mol. The van der Waals surface area contributed by atoms with Crippen molar-refractivity contribution in [2.45, 2.75) is 19.4 Å². The second kappa shape index (κ2) is 6.69. The third-order valence-electron chi connectivity index (χ3n) is 2.13. The van der Waals surface area contributed by atoms with Crippen molar-refractivity contribution in [1.82, 2.24) is 4.98 Å². The van der Waals surface area contributed by atoms with Crippen LogP contribution >= 0.6 is 11.8 Å². The Bertz CT molecular complexity index is 294. The van der Waals surface area contributed by atoms with E-state index in [-0.39, 0.29) is 12.6 Å². The third kappa shape index (κ3) is 4.53. The van der Waals surface area contributed by atoms with E-state index >= 15 is 0 Å². The number of aliphatic hydroxyl groups is 1. The van der Waals surface area contributed by atoms with Gasteiger partial charge in [-0.05, 0) is 37.5 Å². The molecule has 0 fully saturated rings. The first kappa shape index (κ1) is 12.3. The summed E-state index contributed by atoms with van der Waals surface area (Å²) in [6.45, 7) is 2.11. The van der Waals surface area contributed by atoms with Gasteiger partial charge < -0.3 is 10.4 Å². The molecule has 1 heterocycles. The van der Waals surface area contributed by atoms with Gasteiger partial charge in [0, 0.05) is 5.69 Å². The molecule has 3 nitrogen and oxygen atoms in total. The monoisotopic (exact) mass is 226 g/mol. The van der Waals surface area contributed by atoms with Crippen LogP contribution in [0.25, 0.3) is 0 Å². The number of rotatable bonds is 6. The highest BCUT2D eigenvalue weighted by Gasteiger charge is 2.06. The fourth-order valence-corrected chi connectivity index (χ4v) is 1.82. The summed E-state index contributed by atoms with van der Waals surface area (Å²) < 4.78 is 0. The molecule has 4 heteroatoms. The zero-order valence-corrected chi connectivity index (χ0v) is 10.0. The number of pyridine rings is 1. The van der Waals surface area contributed by atoms with Crippen LogP contribution in [0.1, 0.15) is 12.1 Å². The number of anilines is 1. The molecule has 0 aromatic carbocycles. The van der Waals surface area contributed by atoms with Crippen LogP contribution in [0.5, 0.6) is 0 Å². The van der Waals surface area contributed by atoms with Crippen LogP contribution in [-0.4, -0.2) is 34.7 Å². The molecule has 1 aromatic heterocycles. The standard InChI is InChI=1S/C11H18N2OS/c1-9-4-3-5-11(12-9)13-10(8-14)6-7-15-2/h3-5,10,14H,6-8H2,1-2H3,(H,12,13)/t10-/m1/s1. The Morgan fingerprint density at radius 3 is 2.93 bits per heavy atom. The van der Waals surface area contributed by atoms with Gasteiger partial charge in [0.1, 0.15) is 5.82 Å². The maximum atomic E-state index is 9.18. The molecule has 1 rings (SSSR count). The Labute approximate surface area is 95.3 Å². The average molecular weight is 226 g/mol. The number of aliphatic hydroxyl groups excluding tert-OH is 1. The van der Waals surface area contributed by atoms with Crippen molar-refractivity contribution >= 4 is 17.6 Å². The predicted octanol–water partition coefficient (Wildman–Crippen LogP) is 1.92. The van der Waals surface area contributed by atoms with Crippen molar-refractivity contribution in [2.75, 3.05) is 23.9 Å². The number of nitrogens with zero attached hydrogens (tertiary/aromatic N) is 1. The van der Waals surface area contributed by atoms with Gasteiger partial charge in [0.15, 0.2) is 0 Å². The molecular formula is C11H18N2OS. The lowest BCUT2D eigenvalue weighted by molar-refractivity contribution is 0.272. The molecule has 0 radical (unpaired) electrons. The summed E-state index contributed by atoms with van der Waals surface area (Å²) in [5.41, 5.74) is 0.988. The van der Waals surface area contributed by atoms with Crippen molar-refractivity contribution in [3.8, 4) is 0 Å². The number of thioether (sulfide) groups is 1. The maximum Gasteiger partial charge on any atom is 0.126 e. The molecule has 1 aromatic rings.